The van der Waals surface area contributed by atoms with Crippen LogP contribution in [0.5, 0.6) is 0 Å². The number of fused-ring (bicyclic) bond motifs is 1. The minimum absolute atomic E-state index is 0.190. The summed E-state index contributed by atoms with van der Waals surface area (Å²) in [6.45, 7) is 1.92. The number of sulfone groups is 1. The summed E-state index contributed by atoms with van der Waals surface area (Å²) in [5.41, 5.74) is 2.67. The number of nitriles is 1. The van der Waals surface area contributed by atoms with Crippen LogP contribution in [0.4, 0.5) is 0 Å². The Bertz CT molecular complexity index is 1030. The molecule has 3 aromatic rings. The van der Waals surface area contributed by atoms with Crippen molar-refractivity contribution >= 4 is 15.5 Å². The molecule has 7 nitrogen and oxygen atoms in total. The number of hydrogen-bond donors (Lipinski definition) is 0. The lowest BCUT2D eigenvalue weighted by Crippen LogP contribution is -2.06. The normalized spacial score (nSPS) is 11.5. The maximum Gasteiger partial charge on any atom is 0.247 e. The minimum Gasteiger partial charge on any atom is -0.298 e. The van der Waals surface area contributed by atoms with E-state index in [1.165, 1.54) is 6.20 Å². The molecule has 0 saturated carbocycles. The fourth-order valence-electron chi connectivity index (χ4n) is 2.15. The summed E-state index contributed by atoms with van der Waals surface area (Å²) in [7, 11) is -3.56. The van der Waals surface area contributed by atoms with Crippen molar-refractivity contribution in [3.05, 3.63) is 41.9 Å². The van der Waals surface area contributed by atoms with Crippen molar-refractivity contribution in [1.82, 2.24) is 19.4 Å². The first kappa shape index (κ1) is 14.2. The minimum atomic E-state index is -3.56. The molecule has 0 saturated heterocycles. The predicted molar refractivity (Wildman–Crippen MR) is 78.8 cm³/mol. The standard InChI is InChI=1S/C14H11N5O2S/c1-9-4-3-5-19-11(8-16-13(9)19)12-10(6-15)7-17-14(18-12)22(2,20)21/h3-5,7-8H,1-2H3. The Morgan fingerprint density at radius 2 is 2.05 bits per heavy atom. The Morgan fingerprint density at radius 3 is 2.73 bits per heavy atom. The number of aromatic nitrogens is 4. The van der Waals surface area contributed by atoms with Gasteiger partial charge in [-0.05, 0) is 18.6 Å². The summed E-state index contributed by atoms with van der Waals surface area (Å²) >= 11 is 0. The smallest absolute Gasteiger partial charge is 0.247 e. The van der Waals surface area contributed by atoms with Crippen molar-refractivity contribution < 1.29 is 8.42 Å². The van der Waals surface area contributed by atoms with Gasteiger partial charge in [0.1, 0.15) is 17.4 Å². The van der Waals surface area contributed by atoms with E-state index in [1.807, 2.05) is 25.1 Å². The van der Waals surface area contributed by atoms with Crippen LogP contribution in [-0.4, -0.2) is 34.0 Å². The third-order valence-electron chi connectivity index (χ3n) is 3.19. The molecule has 0 radical (unpaired) electrons. The Morgan fingerprint density at radius 1 is 1.27 bits per heavy atom. The summed E-state index contributed by atoms with van der Waals surface area (Å²) in [6.07, 6.45) is 5.59. The molecule has 0 unspecified atom stereocenters. The first-order valence-electron chi connectivity index (χ1n) is 6.32. The largest absolute Gasteiger partial charge is 0.298 e. The van der Waals surface area contributed by atoms with Crippen LogP contribution in [0.15, 0.2) is 35.9 Å². The van der Waals surface area contributed by atoms with E-state index in [0.29, 0.717) is 5.69 Å². The van der Waals surface area contributed by atoms with Gasteiger partial charge in [-0.2, -0.15) is 5.26 Å². The van der Waals surface area contributed by atoms with Crippen LogP contribution < -0.4 is 0 Å². The average molecular weight is 313 g/mol. The van der Waals surface area contributed by atoms with Gasteiger partial charge in [-0.25, -0.2) is 23.4 Å². The van der Waals surface area contributed by atoms with Crippen molar-refractivity contribution in [2.45, 2.75) is 12.1 Å². The van der Waals surface area contributed by atoms with Crippen molar-refractivity contribution in [3.63, 3.8) is 0 Å². The van der Waals surface area contributed by atoms with Crippen LogP contribution in [-0.2, 0) is 9.84 Å². The molecule has 0 amide bonds. The highest BCUT2D eigenvalue weighted by Gasteiger charge is 2.18. The van der Waals surface area contributed by atoms with Gasteiger partial charge in [0.2, 0.25) is 15.0 Å². The summed E-state index contributed by atoms with van der Waals surface area (Å²) in [6, 6.07) is 5.74. The van der Waals surface area contributed by atoms with E-state index in [0.717, 1.165) is 17.5 Å². The number of pyridine rings is 1. The van der Waals surface area contributed by atoms with E-state index in [9.17, 15) is 13.7 Å². The Labute approximate surface area is 126 Å². The molecule has 22 heavy (non-hydrogen) atoms. The second-order valence-electron chi connectivity index (χ2n) is 4.83. The number of imidazole rings is 1. The zero-order valence-corrected chi connectivity index (χ0v) is 12.7. The van der Waals surface area contributed by atoms with E-state index >= 15 is 0 Å². The van der Waals surface area contributed by atoms with E-state index in [-0.39, 0.29) is 16.4 Å². The van der Waals surface area contributed by atoms with E-state index in [2.05, 4.69) is 15.0 Å². The third-order valence-corrected chi connectivity index (χ3v) is 4.05. The fourth-order valence-corrected chi connectivity index (χ4v) is 2.65. The molecule has 110 valence electrons. The topological polar surface area (TPSA) is 101 Å². The highest BCUT2D eigenvalue weighted by Crippen LogP contribution is 2.24. The quantitative estimate of drug-likeness (QED) is 0.662. The monoisotopic (exact) mass is 313 g/mol. The third kappa shape index (κ3) is 2.21. The Balaban J connectivity index is 2.35. The zero-order valence-electron chi connectivity index (χ0n) is 11.8. The number of aryl methyl sites for hydroxylation is 1. The lowest BCUT2D eigenvalue weighted by atomic mass is 10.2. The highest BCUT2D eigenvalue weighted by molar-refractivity contribution is 7.90. The molecule has 0 aliphatic carbocycles. The molecule has 0 aliphatic rings. The number of rotatable bonds is 2. The molecule has 0 aliphatic heterocycles. The first-order chi connectivity index (χ1) is 10.4. The SMILES string of the molecule is Cc1cccn2c(-c3nc(S(C)(=O)=O)ncc3C#N)cnc12. The Kier molecular flexibility index (Phi) is 3.15. The molecule has 8 heteroatoms. The zero-order chi connectivity index (χ0) is 15.9. The molecule has 3 rings (SSSR count). The molecule has 0 bridgehead atoms. The van der Waals surface area contributed by atoms with E-state index in [1.54, 1.807) is 16.8 Å². The molecular formula is C14H11N5O2S. The van der Waals surface area contributed by atoms with Crippen molar-refractivity contribution in [2.75, 3.05) is 6.26 Å². The molecule has 0 spiro atoms. The van der Waals surface area contributed by atoms with Gasteiger partial charge in [0.25, 0.3) is 0 Å². The molecular weight excluding hydrogens is 302 g/mol. The van der Waals surface area contributed by atoms with Gasteiger partial charge in [0.15, 0.2) is 0 Å². The van der Waals surface area contributed by atoms with Crippen LogP contribution >= 0.6 is 0 Å². The number of nitrogens with zero attached hydrogens (tertiary/aromatic N) is 5. The van der Waals surface area contributed by atoms with Crippen LogP contribution in [0, 0.1) is 18.3 Å². The molecule has 3 heterocycles. The van der Waals surface area contributed by atoms with Gasteiger partial charge >= 0.3 is 0 Å². The average Bonchev–Trinajstić information content (AvgIpc) is 2.91. The lowest BCUT2D eigenvalue weighted by molar-refractivity contribution is 0.593. The summed E-state index contributed by atoms with van der Waals surface area (Å²) < 4.78 is 25.1. The van der Waals surface area contributed by atoms with Crippen molar-refractivity contribution in [2.24, 2.45) is 0 Å². The lowest BCUT2D eigenvalue weighted by Gasteiger charge is -2.05. The second kappa shape index (κ2) is 4.89. The molecule has 0 atom stereocenters. The van der Waals surface area contributed by atoms with Gasteiger partial charge in [-0.15, -0.1) is 0 Å². The van der Waals surface area contributed by atoms with E-state index < -0.39 is 9.84 Å². The summed E-state index contributed by atoms with van der Waals surface area (Å²) in [5.74, 6) is 0. The number of hydrogen-bond acceptors (Lipinski definition) is 6. The maximum atomic E-state index is 11.6. The van der Waals surface area contributed by atoms with Gasteiger partial charge in [-0.3, -0.25) is 4.40 Å². The summed E-state index contributed by atoms with van der Waals surface area (Å²) in [4.78, 5) is 12.1. The molecule has 0 N–H and O–H groups in total. The van der Waals surface area contributed by atoms with E-state index in [4.69, 9.17) is 0 Å². The van der Waals surface area contributed by atoms with Crippen LogP contribution in [0.2, 0.25) is 0 Å². The van der Waals surface area contributed by atoms with Gasteiger partial charge in [-0.1, -0.05) is 6.07 Å². The van der Waals surface area contributed by atoms with Gasteiger partial charge < -0.3 is 0 Å². The molecule has 0 fully saturated rings. The van der Waals surface area contributed by atoms with Crippen LogP contribution in [0.3, 0.4) is 0 Å². The van der Waals surface area contributed by atoms with Crippen LogP contribution in [0.1, 0.15) is 11.1 Å². The first-order valence-corrected chi connectivity index (χ1v) is 8.21. The molecule has 0 aromatic carbocycles. The Hall–Kier alpha value is -2.79. The molecule has 3 aromatic heterocycles. The fraction of sp³-hybridized carbons (Fsp3) is 0.143. The maximum absolute atomic E-state index is 11.6. The second-order valence-corrected chi connectivity index (χ2v) is 6.74. The predicted octanol–water partition coefficient (Wildman–Crippen LogP) is 1.37. The van der Waals surface area contributed by atoms with Crippen molar-refractivity contribution in [3.8, 4) is 17.5 Å². The van der Waals surface area contributed by atoms with Crippen molar-refractivity contribution in [1.29, 1.82) is 5.26 Å². The summed E-state index contributed by atoms with van der Waals surface area (Å²) in [5, 5.41) is 8.91. The van der Waals surface area contributed by atoms with Crippen LogP contribution in [0.25, 0.3) is 17.0 Å². The van der Waals surface area contributed by atoms with Gasteiger partial charge in [0, 0.05) is 12.5 Å². The van der Waals surface area contributed by atoms with Gasteiger partial charge in [0.05, 0.1) is 23.7 Å². The highest BCUT2D eigenvalue weighted by atomic mass is 32.2.